The van der Waals surface area contributed by atoms with E-state index in [-0.39, 0.29) is 0 Å². The van der Waals surface area contributed by atoms with Crippen LogP contribution in [0.5, 0.6) is 0 Å². The topological polar surface area (TPSA) is 21.6 Å². The number of hydrogen-bond donors (Lipinski definition) is 0. The van der Waals surface area contributed by atoms with E-state index in [4.69, 9.17) is 4.84 Å². The van der Waals surface area contributed by atoms with Crippen molar-refractivity contribution in [1.82, 2.24) is 0 Å². The molecule has 5 heteroatoms. The van der Waals surface area contributed by atoms with Crippen molar-refractivity contribution >= 4 is 5.71 Å². The zero-order chi connectivity index (χ0) is 15.3. The molecule has 0 spiro atoms. The van der Waals surface area contributed by atoms with Crippen molar-refractivity contribution < 1.29 is 18.0 Å². The average Bonchev–Trinajstić information content (AvgIpc) is 2.47. The molecule has 2 aromatic rings. The first kappa shape index (κ1) is 15.1. The molecule has 0 saturated heterocycles. The first-order valence-electron chi connectivity index (χ1n) is 6.32. The summed E-state index contributed by atoms with van der Waals surface area (Å²) in [5.74, 6) is 0. The van der Waals surface area contributed by atoms with Crippen molar-refractivity contribution in [3.8, 4) is 0 Å². The molecule has 2 rings (SSSR count). The minimum absolute atomic E-state index is 0.399. The van der Waals surface area contributed by atoms with Crippen LogP contribution in [-0.2, 0) is 17.4 Å². The van der Waals surface area contributed by atoms with E-state index in [9.17, 15) is 13.2 Å². The van der Waals surface area contributed by atoms with Crippen molar-refractivity contribution in [2.45, 2.75) is 12.6 Å². The Bertz CT molecular complexity index is 604. The molecular formula is C16H14F3NO. The van der Waals surface area contributed by atoms with Crippen molar-refractivity contribution in [3.63, 3.8) is 0 Å². The van der Waals surface area contributed by atoms with Crippen molar-refractivity contribution in [3.05, 3.63) is 71.3 Å². The maximum Gasteiger partial charge on any atom is 0.416 e. The Labute approximate surface area is 120 Å². The number of hydrogen-bond acceptors (Lipinski definition) is 2. The number of rotatable bonds is 4. The maximum atomic E-state index is 12.5. The van der Waals surface area contributed by atoms with Crippen molar-refractivity contribution in [2.75, 3.05) is 7.11 Å². The standard InChI is InChI=1S/C16H14F3NO/c1-21-20-15(13-5-3-2-4-6-13)11-12-7-9-14(10-8-12)16(17,18)19/h2-10H,11H2,1H3/b20-15+. The Kier molecular flexibility index (Phi) is 4.62. The molecule has 0 bridgehead atoms. The molecule has 0 fully saturated rings. The van der Waals surface area contributed by atoms with E-state index in [2.05, 4.69) is 5.16 Å². The van der Waals surface area contributed by atoms with Gasteiger partial charge < -0.3 is 4.84 Å². The van der Waals surface area contributed by atoms with Crippen LogP contribution in [0, 0.1) is 0 Å². The number of benzene rings is 2. The average molecular weight is 293 g/mol. The van der Waals surface area contributed by atoms with Gasteiger partial charge in [0.05, 0.1) is 11.3 Å². The van der Waals surface area contributed by atoms with Crippen LogP contribution in [0.15, 0.2) is 59.8 Å². The van der Waals surface area contributed by atoms with E-state index in [1.807, 2.05) is 30.3 Å². The molecule has 0 atom stereocenters. The Balaban J connectivity index is 2.21. The van der Waals surface area contributed by atoms with Crippen molar-refractivity contribution in [2.24, 2.45) is 5.16 Å². The Hall–Kier alpha value is -2.30. The molecule has 21 heavy (non-hydrogen) atoms. The number of halogens is 3. The van der Waals surface area contributed by atoms with Gasteiger partial charge in [0, 0.05) is 6.42 Å². The lowest BCUT2D eigenvalue weighted by molar-refractivity contribution is -0.137. The lowest BCUT2D eigenvalue weighted by Crippen LogP contribution is -2.08. The summed E-state index contributed by atoms with van der Waals surface area (Å²) in [5.41, 5.74) is 1.62. The van der Waals surface area contributed by atoms with Gasteiger partial charge >= 0.3 is 6.18 Å². The molecule has 2 aromatic carbocycles. The van der Waals surface area contributed by atoms with E-state index >= 15 is 0 Å². The first-order valence-corrected chi connectivity index (χ1v) is 6.32. The SMILES string of the molecule is CO/N=C(\Cc1ccc(C(F)(F)F)cc1)c1ccccc1. The molecule has 0 aliphatic rings. The van der Waals surface area contributed by atoms with Crippen LogP contribution in [0.25, 0.3) is 0 Å². The van der Waals surface area contributed by atoms with Crippen LogP contribution in [0.1, 0.15) is 16.7 Å². The second-order valence-corrected chi connectivity index (χ2v) is 4.46. The monoisotopic (exact) mass is 293 g/mol. The third-order valence-corrected chi connectivity index (χ3v) is 2.96. The van der Waals surface area contributed by atoms with Gasteiger partial charge in [-0.2, -0.15) is 13.2 Å². The third kappa shape index (κ3) is 4.08. The zero-order valence-corrected chi connectivity index (χ0v) is 11.4. The third-order valence-electron chi connectivity index (χ3n) is 2.96. The fraction of sp³-hybridized carbons (Fsp3) is 0.188. The number of oxime groups is 1. The van der Waals surface area contributed by atoms with Crippen LogP contribution in [0.4, 0.5) is 13.2 Å². The summed E-state index contributed by atoms with van der Waals surface area (Å²) in [4.78, 5) is 4.82. The quantitative estimate of drug-likeness (QED) is 0.608. The van der Waals surface area contributed by atoms with Gasteiger partial charge in [0.25, 0.3) is 0 Å². The molecule has 0 radical (unpaired) electrons. The maximum absolute atomic E-state index is 12.5. The smallest absolute Gasteiger partial charge is 0.399 e. The van der Waals surface area contributed by atoms with Gasteiger partial charge in [-0.1, -0.05) is 47.6 Å². The second kappa shape index (κ2) is 6.43. The summed E-state index contributed by atoms with van der Waals surface area (Å²) < 4.78 is 37.6. The Morgan fingerprint density at radius 3 is 2.14 bits per heavy atom. The molecule has 0 amide bonds. The fourth-order valence-electron chi connectivity index (χ4n) is 1.93. The summed E-state index contributed by atoms with van der Waals surface area (Å²) in [7, 11) is 1.44. The van der Waals surface area contributed by atoms with E-state index in [1.54, 1.807) is 0 Å². The largest absolute Gasteiger partial charge is 0.416 e. The molecule has 0 N–H and O–H groups in total. The van der Waals surface area contributed by atoms with Crippen molar-refractivity contribution in [1.29, 1.82) is 0 Å². The summed E-state index contributed by atoms with van der Waals surface area (Å²) in [5, 5.41) is 3.96. The first-order chi connectivity index (χ1) is 10.0. The van der Waals surface area contributed by atoms with Crippen LogP contribution in [0.3, 0.4) is 0 Å². The summed E-state index contributed by atoms with van der Waals surface area (Å²) in [6, 6.07) is 14.4. The normalized spacial score (nSPS) is 12.3. The van der Waals surface area contributed by atoms with Gasteiger partial charge in [-0.15, -0.1) is 0 Å². The van der Waals surface area contributed by atoms with Gasteiger partial charge in [-0.25, -0.2) is 0 Å². The number of alkyl halides is 3. The molecule has 0 heterocycles. The van der Waals surface area contributed by atoms with E-state index in [1.165, 1.54) is 19.2 Å². The zero-order valence-electron chi connectivity index (χ0n) is 11.4. The van der Waals surface area contributed by atoms with Gasteiger partial charge in [0.15, 0.2) is 0 Å². The molecule has 0 aliphatic carbocycles. The van der Waals surface area contributed by atoms with Crippen LogP contribution in [-0.4, -0.2) is 12.8 Å². The van der Waals surface area contributed by atoms with Crippen LogP contribution >= 0.6 is 0 Å². The lowest BCUT2D eigenvalue weighted by atomic mass is 10.0. The highest BCUT2D eigenvalue weighted by atomic mass is 19.4. The Morgan fingerprint density at radius 1 is 1.00 bits per heavy atom. The second-order valence-electron chi connectivity index (χ2n) is 4.46. The van der Waals surface area contributed by atoms with Gasteiger partial charge in [0.2, 0.25) is 0 Å². The molecule has 0 saturated carbocycles. The highest BCUT2D eigenvalue weighted by Crippen LogP contribution is 2.29. The molecule has 0 aromatic heterocycles. The summed E-state index contributed by atoms with van der Waals surface area (Å²) >= 11 is 0. The summed E-state index contributed by atoms with van der Waals surface area (Å²) in [6.07, 6.45) is -3.92. The van der Waals surface area contributed by atoms with Crippen LogP contribution in [0.2, 0.25) is 0 Å². The minimum Gasteiger partial charge on any atom is -0.399 e. The van der Waals surface area contributed by atoms with E-state index < -0.39 is 11.7 Å². The fourth-order valence-corrected chi connectivity index (χ4v) is 1.93. The Morgan fingerprint density at radius 2 is 1.62 bits per heavy atom. The predicted octanol–water partition coefficient (Wildman–Crippen LogP) is 4.30. The van der Waals surface area contributed by atoms with E-state index in [0.717, 1.165) is 23.3 Å². The molecule has 0 aliphatic heterocycles. The number of nitrogens with zero attached hydrogens (tertiary/aromatic N) is 1. The predicted molar refractivity (Wildman–Crippen MR) is 75.1 cm³/mol. The molecule has 110 valence electrons. The lowest BCUT2D eigenvalue weighted by Gasteiger charge is -2.09. The molecular weight excluding hydrogens is 279 g/mol. The van der Waals surface area contributed by atoms with Gasteiger partial charge in [-0.3, -0.25) is 0 Å². The van der Waals surface area contributed by atoms with Gasteiger partial charge in [-0.05, 0) is 23.3 Å². The summed E-state index contributed by atoms with van der Waals surface area (Å²) in [6.45, 7) is 0. The molecule has 0 unspecified atom stereocenters. The highest BCUT2D eigenvalue weighted by molar-refractivity contribution is 6.01. The van der Waals surface area contributed by atoms with E-state index in [0.29, 0.717) is 12.1 Å². The minimum atomic E-state index is -4.32. The molecule has 2 nitrogen and oxygen atoms in total. The van der Waals surface area contributed by atoms with Gasteiger partial charge in [0.1, 0.15) is 7.11 Å². The van der Waals surface area contributed by atoms with Crippen LogP contribution < -0.4 is 0 Å². The highest BCUT2D eigenvalue weighted by Gasteiger charge is 2.29.